The summed E-state index contributed by atoms with van der Waals surface area (Å²) in [5, 5.41) is 0. The molecular formula is C19H34N2O2. The van der Waals surface area contributed by atoms with Gasteiger partial charge in [-0.15, -0.1) is 0 Å². The van der Waals surface area contributed by atoms with Crippen molar-refractivity contribution in [3.05, 3.63) is 0 Å². The average molecular weight is 322 g/mol. The Bertz CT molecular complexity index is 377. The number of ether oxygens (including phenoxy) is 1. The van der Waals surface area contributed by atoms with Gasteiger partial charge in [0.1, 0.15) is 0 Å². The maximum atomic E-state index is 12.5. The SMILES string of the molecule is CN(CC1CCCCC1)C(=O)CN1CCC2(CCOCC2)CC1. The highest BCUT2D eigenvalue weighted by Gasteiger charge is 2.36. The number of amides is 1. The smallest absolute Gasteiger partial charge is 0.236 e. The van der Waals surface area contributed by atoms with Crippen molar-refractivity contribution in [2.75, 3.05) is 46.4 Å². The van der Waals surface area contributed by atoms with Crippen molar-refractivity contribution in [1.82, 2.24) is 9.80 Å². The number of rotatable bonds is 4. The van der Waals surface area contributed by atoms with E-state index in [1.165, 1.54) is 57.8 Å². The Morgan fingerprint density at radius 2 is 1.74 bits per heavy atom. The molecule has 1 spiro atoms. The van der Waals surface area contributed by atoms with Gasteiger partial charge in [-0.3, -0.25) is 9.69 Å². The van der Waals surface area contributed by atoms with Gasteiger partial charge in [0.2, 0.25) is 5.91 Å². The first kappa shape index (κ1) is 17.2. The number of hydrogen-bond donors (Lipinski definition) is 0. The minimum atomic E-state index is 0.318. The molecule has 2 aliphatic heterocycles. The van der Waals surface area contributed by atoms with E-state index in [0.717, 1.165) is 38.8 Å². The lowest BCUT2D eigenvalue weighted by Gasteiger charge is -2.44. The number of likely N-dealkylation sites (tertiary alicyclic amines) is 1. The highest BCUT2D eigenvalue weighted by molar-refractivity contribution is 5.78. The van der Waals surface area contributed by atoms with Crippen LogP contribution >= 0.6 is 0 Å². The molecule has 1 amide bonds. The predicted molar refractivity (Wildman–Crippen MR) is 92.4 cm³/mol. The molecule has 2 heterocycles. The van der Waals surface area contributed by atoms with E-state index in [0.29, 0.717) is 17.9 Å². The Morgan fingerprint density at radius 1 is 1.09 bits per heavy atom. The van der Waals surface area contributed by atoms with Gasteiger partial charge in [-0.25, -0.2) is 0 Å². The number of carbonyl (C=O) groups excluding carboxylic acids is 1. The fourth-order valence-electron chi connectivity index (χ4n) is 4.66. The van der Waals surface area contributed by atoms with E-state index < -0.39 is 0 Å². The minimum Gasteiger partial charge on any atom is -0.381 e. The van der Waals surface area contributed by atoms with Crippen LogP contribution in [0, 0.1) is 11.3 Å². The molecule has 4 heteroatoms. The zero-order chi connectivity index (χ0) is 16.1. The lowest BCUT2D eigenvalue weighted by molar-refractivity contribution is -0.132. The molecule has 0 aromatic carbocycles. The molecule has 0 aromatic heterocycles. The minimum absolute atomic E-state index is 0.318. The standard InChI is InChI=1S/C19H34N2O2/c1-20(15-17-5-3-2-4-6-17)18(22)16-21-11-7-19(8-12-21)9-13-23-14-10-19/h17H,2-16H2,1H3. The van der Waals surface area contributed by atoms with Gasteiger partial charge in [-0.2, -0.15) is 0 Å². The second-order valence-corrected chi connectivity index (χ2v) is 8.17. The first-order valence-electron chi connectivity index (χ1n) is 9.71. The molecular weight excluding hydrogens is 288 g/mol. The van der Waals surface area contributed by atoms with Crippen molar-refractivity contribution in [1.29, 1.82) is 0 Å². The average Bonchev–Trinajstić information content (AvgIpc) is 2.59. The first-order chi connectivity index (χ1) is 11.2. The number of likely N-dealkylation sites (N-methyl/N-ethyl adjacent to an activating group) is 1. The molecule has 2 saturated heterocycles. The summed E-state index contributed by atoms with van der Waals surface area (Å²) in [6.07, 6.45) is 11.6. The first-order valence-corrected chi connectivity index (χ1v) is 9.71. The van der Waals surface area contributed by atoms with Crippen molar-refractivity contribution in [2.45, 2.75) is 57.8 Å². The van der Waals surface area contributed by atoms with Gasteiger partial charge >= 0.3 is 0 Å². The normalized spacial score (nSPS) is 26.3. The highest BCUT2D eigenvalue weighted by Crippen LogP contribution is 2.40. The zero-order valence-electron chi connectivity index (χ0n) is 14.9. The molecule has 1 aliphatic carbocycles. The van der Waals surface area contributed by atoms with Crippen LogP contribution in [0.5, 0.6) is 0 Å². The summed E-state index contributed by atoms with van der Waals surface area (Å²) in [7, 11) is 2.00. The third-order valence-electron chi connectivity index (χ3n) is 6.51. The van der Waals surface area contributed by atoms with Crippen LogP contribution < -0.4 is 0 Å². The van der Waals surface area contributed by atoms with Crippen LogP contribution in [0.4, 0.5) is 0 Å². The molecule has 0 radical (unpaired) electrons. The summed E-state index contributed by atoms with van der Waals surface area (Å²) in [6.45, 7) is 5.63. The summed E-state index contributed by atoms with van der Waals surface area (Å²) in [6, 6.07) is 0. The predicted octanol–water partition coefficient (Wildman–Crippen LogP) is 2.92. The number of piperidine rings is 1. The van der Waals surface area contributed by atoms with Crippen molar-refractivity contribution in [2.24, 2.45) is 11.3 Å². The summed E-state index contributed by atoms with van der Waals surface area (Å²) < 4.78 is 5.52. The van der Waals surface area contributed by atoms with E-state index in [-0.39, 0.29) is 0 Å². The van der Waals surface area contributed by atoms with Gasteiger partial charge in [0.15, 0.2) is 0 Å². The number of nitrogens with zero attached hydrogens (tertiary/aromatic N) is 2. The monoisotopic (exact) mass is 322 g/mol. The zero-order valence-corrected chi connectivity index (χ0v) is 14.9. The molecule has 0 bridgehead atoms. The van der Waals surface area contributed by atoms with Crippen molar-refractivity contribution in [3.63, 3.8) is 0 Å². The van der Waals surface area contributed by atoms with Crippen LogP contribution in [0.2, 0.25) is 0 Å². The van der Waals surface area contributed by atoms with Crippen LogP contribution in [0.3, 0.4) is 0 Å². The maximum Gasteiger partial charge on any atom is 0.236 e. The fourth-order valence-corrected chi connectivity index (χ4v) is 4.66. The van der Waals surface area contributed by atoms with E-state index in [2.05, 4.69) is 4.90 Å². The number of hydrogen-bond acceptors (Lipinski definition) is 3. The van der Waals surface area contributed by atoms with Crippen LogP contribution in [0.25, 0.3) is 0 Å². The molecule has 0 unspecified atom stereocenters. The molecule has 0 aromatic rings. The lowest BCUT2D eigenvalue weighted by Crippen LogP contribution is -2.47. The molecule has 0 N–H and O–H groups in total. The van der Waals surface area contributed by atoms with Crippen LogP contribution in [-0.4, -0.2) is 62.1 Å². The van der Waals surface area contributed by atoms with Gasteiger partial charge in [0.25, 0.3) is 0 Å². The van der Waals surface area contributed by atoms with Crippen LogP contribution in [0.15, 0.2) is 0 Å². The Balaban J connectivity index is 1.39. The van der Waals surface area contributed by atoms with E-state index in [9.17, 15) is 4.79 Å². The van der Waals surface area contributed by atoms with Crippen LogP contribution in [-0.2, 0) is 9.53 Å². The second-order valence-electron chi connectivity index (χ2n) is 8.17. The highest BCUT2D eigenvalue weighted by atomic mass is 16.5. The molecule has 3 fully saturated rings. The quantitative estimate of drug-likeness (QED) is 0.798. The summed E-state index contributed by atoms with van der Waals surface area (Å²) in [4.78, 5) is 16.9. The topological polar surface area (TPSA) is 32.8 Å². The van der Waals surface area contributed by atoms with Gasteiger partial charge < -0.3 is 9.64 Å². The summed E-state index contributed by atoms with van der Waals surface area (Å²) >= 11 is 0. The van der Waals surface area contributed by atoms with Crippen LogP contribution in [0.1, 0.15) is 57.8 Å². The van der Waals surface area contributed by atoms with Gasteiger partial charge in [-0.05, 0) is 62.9 Å². The second kappa shape index (κ2) is 7.98. The van der Waals surface area contributed by atoms with Crippen molar-refractivity contribution < 1.29 is 9.53 Å². The van der Waals surface area contributed by atoms with Gasteiger partial charge in [-0.1, -0.05) is 19.3 Å². The molecule has 3 aliphatic rings. The molecule has 4 nitrogen and oxygen atoms in total. The van der Waals surface area contributed by atoms with Crippen molar-refractivity contribution >= 4 is 5.91 Å². The van der Waals surface area contributed by atoms with E-state index in [4.69, 9.17) is 4.74 Å². The van der Waals surface area contributed by atoms with E-state index in [1.54, 1.807) is 0 Å². The Labute approximate surface area is 141 Å². The van der Waals surface area contributed by atoms with E-state index in [1.807, 2.05) is 11.9 Å². The summed E-state index contributed by atoms with van der Waals surface area (Å²) in [5.74, 6) is 1.06. The van der Waals surface area contributed by atoms with Crippen molar-refractivity contribution in [3.8, 4) is 0 Å². The maximum absolute atomic E-state index is 12.5. The third kappa shape index (κ3) is 4.69. The van der Waals surface area contributed by atoms with Gasteiger partial charge in [0, 0.05) is 26.8 Å². The Hall–Kier alpha value is -0.610. The molecule has 23 heavy (non-hydrogen) atoms. The Morgan fingerprint density at radius 3 is 2.39 bits per heavy atom. The third-order valence-corrected chi connectivity index (χ3v) is 6.51. The number of carbonyl (C=O) groups is 1. The fraction of sp³-hybridized carbons (Fsp3) is 0.947. The molecule has 1 saturated carbocycles. The van der Waals surface area contributed by atoms with E-state index >= 15 is 0 Å². The lowest BCUT2D eigenvalue weighted by atomic mass is 9.72. The van der Waals surface area contributed by atoms with Gasteiger partial charge in [0.05, 0.1) is 6.54 Å². The Kier molecular flexibility index (Phi) is 5.97. The molecule has 3 rings (SSSR count). The largest absolute Gasteiger partial charge is 0.381 e. The summed E-state index contributed by atoms with van der Waals surface area (Å²) in [5.41, 5.74) is 0.520. The molecule has 132 valence electrons. The molecule has 0 atom stereocenters.